The molecule has 4 heteroatoms. The molecule has 1 aromatic heterocycles. The van der Waals surface area contributed by atoms with Crippen molar-refractivity contribution in [2.24, 2.45) is 0 Å². The van der Waals surface area contributed by atoms with Crippen molar-refractivity contribution in [3.8, 4) is 0 Å². The number of nitrogens with zero attached hydrogens (tertiary/aromatic N) is 2. The molecule has 1 unspecified atom stereocenters. The van der Waals surface area contributed by atoms with Crippen molar-refractivity contribution in [2.75, 3.05) is 6.61 Å². The number of aryl methyl sites for hydroxylation is 3. The molecule has 0 saturated carbocycles. The predicted molar refractivity (Wildman–Crippen MR) is 122 cm³/mol. The molecule has 3 aromatic carbocycles. The standard InChI is InChI=1S/C26H29N3O/c1-18-7-11-21(12-8-18)15-23(17-30)29-24-6-4-5-20(3)25(24)28(26(29)27)16-22-13-9-19(2)10-14-22/h4-14,23,27,30H,15-17H2,1-3H3. The molecule has 0 aliphatic heterocycles. The first-order chi connectivity index (χ1) is 14.5. The number of fused-ring (bicyclic) bond motifs is 1. The molecule has 4 nitrogen and oxygen atoms in total. The second kappa shape index (κ2) is 8.33. The van der Waals surface area contributed by atoms with Gasteiger partial charge in [-0.05, 0) is 49.9 Å². The maximum atomic E-state index is 10.3. The zero-order valence-corrected chi connectivity index (χ0v) is 17.9. The molecule has 2 N–H and O–H groups in total. The van der Waals surface area contributed by atoms with Crippen LogP contribution in [0.5, 0.6) is 0 Å². The Labute approximate surface area is 177 Å². The largest absolute Gasteiger partial charge is 0.394 e. The topological polar surface area (TPSA) is 53.9 Å². The molecule has 0 amide bonds. The summed E-state index contributed by atoms with van der Waals surface area (Å²) in [6.45, 7) is 6.87. The summed E-state index contributed by atoms with van der Waals surface area (Å²) < 4.78 is 4.06. The number of imidazole rings is 1. The highest BCUT2D eigenvalue weighted by atomic mass is 16.3. The summed E-state index contributed by atoms with van der Waals surface area (Å²) in [5.41, 5.74) is 8.40. The fourth-order valence-electron chi connectivity index (χ4n) is 4.17. The Hall–Kier alpha value is -3.11. The third-order valence-electron chi connectivity index (χ3n) is 5.86. The lowest BCUT2D eigenvalue weighted by atomic mass is 10.0. The van der Waals surface area contributed by atoms with Crippen LogP contribution in [0.4, 0.5) is 0 Å². The molecule has 0 aliphatic rings. The first kappa shape index (κ1) is 20.2. The Kier molecular flexibility index (Phi) is 5.60. The van der Waals surface area contributed by atoms with Crippen molar-refractivity contribution >= 4 is 11.0 Å². The van der Waals surface area contributed by atoms with Crippen LogP contribution < -0.4 is 5.62 Å². The first-order valence-corrected chi connectivity index (χ1v) is 10.4. The fraction of sp³-hybridized carbons (Fsp3) is 0.269. The van der Waals surface area contributed by atoms with Gasteiger partial charge in [0, 0.05) is 0 Å². The van der Waals surface area contributed by atoms with Gasteiger partial charge in [-0.1, -0.05) is 71.8 Å². The molecule has 0 radical (unpaired) electrons. The van der Waals surface area contributed by atoms with E-state index in [-0.39, 0.29) is 12.6 Å². The van der Waals surface area contributed by atoms with E-state index in [2.05, 4.69) is 86.0 Å². The van der Waals surface area contributed by atoms with E-state index in [1.165, 1.54) is 22.3 Å². The van der Waals surface area contributed by atoms with E-state index in [0.717, 1.165) is 16.6 Å². The number of para-hydroxylation sites is 1. The lowest BCUT2D eigenvalue weighted by molar-refractivity contribution is 0.225. The number of aromatic nitrogens is 2. The normalized spacial score (nSPS) is 12.4. The van der Waals surface area contributed by atoms with Gasteiger partial charge in [-0.2, -0.15) is 0 Å². The average molecular weight is 400 g/mol. The molecule has 0 bridgehead atoms. The zero-order valence-electron chi connectivity index (χ0n) is 17.9. The van der Waals surface area contributed by atoms with E-state index < -0.39 is 0 Å². The van der Waals surface area contributed by atoms with Crippen LogP contribution in [0.15, 0.2) is 66.7 Å². The molecule has 1 heterocycles. The summed E-state index contributed by atoms with van der Waals surface area (Å²) in [5, 5.41) is 19.3. The number of hydrogen-bond acceptors (Lipinski definition) is 2. The Bertz CT molecular complexity index is 1210. The van der Waals surface area contributed by atoms with Gasteiger partial charge in [0.2, 0.25) is 5.62 Å². The SMILES string of the molecule is Cc1ccc(CC(CO)n2c(=N)n(Cc3ccc(C)cc3)c3c(C)cccc32)cc1. The minimum Gasteiger partial charge on any atom is -0.394 e. The van der Waals surface area contributed by atoms with E-state index in [1.807, 2.05) is 10.6 Å². The van der Waals surface area contributed by atoms with E-state index in [1.54, 1.807) is 0 Å². The molecule has 1 atom stereocenters. The number of hydrogen-bond donors (Lipinski definition) is 2. The van der Waals surface area contributed by atoms with Crippen molar-refractivity contribution in [1.82, 2.24) is 9.13 Å². The quantitative estimate of drug-likeness (QED) is 0.486. The molecular formula is C26H29N3O. The molecule has 4 rings (SSSR count). The van der Waals surface area contributed by atoms with Gasteiger partial charge >= 0.3 is 0 Å². The van der Waals surface area contributed by atoms with Crippen molar-refractivity contribution in [1.29, 1.82) is 5.41 Å². The van der Waals surface area contributed by atoms with Crippen molar-refractivity contribution in [3.05, 3.63) is 100 Å². The van der Waals surface area contributed by atoms with E-state index in [4.69, 9.17) is 5.41 Å². The monoisotopic (exact) mass is 399 g/mol. The van der Waals surface area contributed by atoms with Crippen LogP contribution in [0, 0.1) is 26.2 Å². The van der Waals surface area contributed by atoms with Gasteiger partial charge in [0.25, 0.3) is 0 Å². The van der Waals surface area contributed by atoms with Crippen LogP contribution in [0.2, 0.25) is 0 Å². The van der Waals surface area contributed by atoms with Gasteiger partial charge < -0.3 is 14.2 Å². The summed E-state index contributed by atoms with van der Waals surface area (Å²) >= 11 is 0. The summed E-state index contributed by atoms with van der Waals surface area (Å²) in [7, 11) is 0. The second-order valence-electron chi connectivity index (χ2n) is 8.23. The molecule has 4 aromatic rings. The van der Waals surface area contributed by atoms with E-state index >= 15 is 0 Å². The van der Waals surface area contributed by atoms with Gasteiger partial charge in [-0.15, -0.1) is 0 Å². The number of benzene rings is 3. The van der Waals surface area contributed by atoms with Crippen molar-refractivity contribution < 1.29 is 5.11 Å². The van der Waals surface area contributed by atoms with Gasteiger partial charge in [0.1, 0.15) is 0 Å². The summed E-state index contributed by atoms with van der Waals surface area (Å²) in [4.78, 5) is 0. The molecule has 0 spiro atoms. The minimum atomic E-state index is -0.191. The predicted octanol–water partition coefficient (Wildman–Crippen LogP) is 4.67. The van der Waals surface area contributed by atoms with Gasteiger partial charge in [-0.25, -0.2) is 0 Å². The van der Waals surface area contributed by atoms with E-state index in [9.17, 15) is 5.11 Å². The lowest BCUT2D eigenvalue weighted by Crippen LogP contribution is -2.30. The summed E-state index contributed by atoms with van der Waals surface area (Å²) in [6, 6.07) is 22.9. The van der Waals surface area contributed by atoms with Gasteiger partial charge in [-0.3, -0.25) is 5.41 Å². The third kappa shape index (κ3) is 3.83. The van der Waals surface area contributed by atoms with Crippen LogP contribution in [0.25, 0.3) is 11.0 Å². The third-order valence-corrected chi connectivity index (χ3v) is 5.86. The van der Waals surface area contributed by atoms with Crippen LogP contribution >= 0.6 is 0 Å². The second-order valence-corrected chi connectivity index (χ2v) is 8.23. The van der Waals surface area contributed by atoms with Crippen LogP contribution in [0.3, 0.4) is 0 Å². The highest BCUT2D eigenvalue weighted by Gasteiger charge is 2.20. The van der Waals surface area contributed by atoms with Crippen molar-refractivity contribution in [3.63, 3.8) is 0 Å². The van der Waals surface area contributed by atoms with Crippen LogP contribution in [-0.2, 0) is 13.0 Å². The molecule has 154 valence electrons. The first-order valence-electron chi connectivity index (χ1n) is 10.4. The number of nitrogens with one attached hydrogen (secondary N) is 1. The van der Waals surface area contributed by atoms with Gasteiger partial charge in [0.15, 0.2) is 0 Å². The summed E-state index contributed by atoms with van der Waals surface area (Å²) in [6.07, 6.45) is 0.685. The Morgan fingerprint density at radius 1 is 0.833 bits per heavy atom. The van der Waals surface area contributed by atoms with Gasteiger partial charge in [0.05, 0.1) is 30.2 Å². The summed E-state index contributed by atoms with van der Waals surface area (Å²) in [5.74, 6) is 0. The maximum absolute atomic E-state index is 10.3. The lowest BCUT2D eigenvalue weighted by Gasteiger charge is -2.17. The van der Waals surface area contributed by atoms with E-state index in [0.29, 0.717) is 18.6 Å². The van der Waals surface area contributed by atoms with Crippen molar-refractivity contribution in [2.45, 2.75) is 39.8 Å². The highest BCUT2D eigenvalue weighted by Crippen LogP contribution is 2.24. The Balaban J connectivity index is 1.82. The molecule has 30 heavy (non-hydrogen) atoms. The van der Waals surface area contributed by atoms with Crippen LogP contribution in [-0.4, -0.2) is 20.8 Å². The molecular weight excluding hydrogens is 370 g/mol. The minimum absolute atomic E-state index is 0.0119. The Morgan fingerprint density at radius 2 is 1.43 bits per heavy atom. The van der Waals surface area contributed by atoms with Crippen LogP contribution in [0.1, 0.15) is 33.9 Å². The molecule has 0 saturated heterocycles. The smallest absolute Gasteiger partial charge is 0.203 e. The highest BCUT2D eigenvalue weighted by molar-refractivity contribution is 5.79. The maximum Gasteiger partial charge on any atom is 0.203 e. The number of rotatable bonds is 6. The molecule has 0 aliphatic carbocycles. The molecule has 0 fully saturated rings. The number of aliphatic hydroxyl groups is 1. The fourth-order valence-corrected chi connectivity index (χ4v) is 4.17. The average Bonchev–Trinajstić information content (AvgIpc) is 3.02. The number of aliphatic hydroxyl groups excluding tert-OH is 1. The zero-order chi connectivity index (χ0) is 21.3. The Morgan fingerprint density at radius 3 is 2.03 bits per heavy atom.